The van der Waals surface area contributed by atoms with E-state index in [9.17, 15) is 4.79 Å². The van der Waals surface area contributed by atoms with Crippen LogP contribution in [-0.4, -0.2) is 34.7 Å². The molecule has 0 aliphatic carbocycles. The first-order valence-electron chi connectivity index (χ1n) is 6.33. The predicted molar refractivity (Wildman–Crippen MR) is 74.7 cm³/mol. The number of aliphatic hydroxyl groups excluding tert-OH is 1. The summed E-state index contributed by atoms with van der Waals surface area (Å²) < 4.78 is 0. The molecule has 0 radical (unpaired) electrons. The molecule has 5 heteroatoms. The van der Waals surface area contributed by atoms with Gasteiger partial charge in [-0.3, -0.25) is 4.79 Å². The quantitative estimate of drug-likeness (QED) is 0.633. The minimum Gasteiger partial charge on any atom is -0.394 e. The smallest absolute Gasteiger partial charge is 0.237 e. The van der Waals surface area contributed by atoms with Crippen molar-refractivity contribution in [1.82, 2.24) is 10.3 Å². The second-order valence-corrected chi connectivity index (χ2v) is 4.76. The summed E-state index contributed by atoms with van der Waals surface area (Å²) >= 11 is 0. The maximum Gasteiger partial charge on any atom is 0.237 e. The normalized spacial score (nSPS) is 14.3. The van der Waals surface area contributed by atoms with Crippen LogP contribution in [0.5, 0.6) is 0 Å². The van der Waals surface area contributed by atoms with Gasteiger partial charge in [0, 0.05) is 23.1 Å². The Kier molecular flexibility index (Phi) is 4.19. The summed E-state index contributed by atoms with van der Waals surface area (Å²) in [5.41, 5.74) is 7.95. The fourth-order valence-electron chi connectivity index (χ4n) is 2.03. The molecule has 1 amide bonds. The number of nitrogens with one attached hydrogen (secondary N) is 2. The van der Waals surface area contributed by atoms with Gasteiger partial charge in [-0.2, -0.15) is 0 Å². The number of benzene rings is 1. The highest BCUT2D eigenvalue weighted by Crippen LogP contribution is 2.18. The molecular weight excluding hydrogens is 242 g/mol. The molecule has 2 unspecified atom stereocenters. The first-order valence-corrected chi connectivity index (χ1v) is 6.33. The molecule has 1 aromatic carbocycles. The van der Waals surface area contributed by atoms with Gasteiger partial charge in [-0.1, -0.05) is 18.2 Å². The van der Waals surface area contributed by atoms with Crippen LogP contribution >= 0.6 is 0 Å². The molecule has 5 nitrogen and oxygen atoms in total. The van der Waals surface area contributed by atoms with Crippen molar-refractivity contribution in [3.63, 3.8) is 0 Å². The average molecular weight is 261 g/mol. The lowest BCUT2D eigenvalue weighted by Crippen LogP contribution is -2.46. The number of hydrogen-bond donors (Lipinski definition) is 4. The molecule has 2 aromatic rings. The Hall–Kier alpha value is -1.85. The van der Waals surface area contributed by atoms with Crippen LogP contribution in [0.15, 0.2) is 30.5 Å². The SMILES string of the molecule is CC(CO)NC(=O)C(N)Cc1c[nH]c2ccccc12. The van der Waals surface area contributed by atoms with Crippen molar-refractivity contribution in [2.45, 2.75) is 25.4 Å². The third kappa shape index (κ3) is 3.13. The fraction of sp³-hybridized carbons (Fsp3) is 0.357. The zero-order valence-corrected chi connectivity index (χ0v) is 10.9. The van der Waals surface area contributed by atoms with Crippen molar-refractivity contribution in [2.75, 3.05) is 6.61 Å². The Morgan fingerprint density at radius 3 is 2.95 bits per heavy atom. The molecule has 0 spiro atoms. The number of para-hydroxylation sites is 1. The number of aromatic amines is 1. The molecule has 0 aliphatic rings. The second-order valence-electron chi connectivity index (χ2n) is 4.76. The van der Waals surface area contributed by atoms with Crippen molar-refractivity contribution in [3.05, 3.63) is 36.0 Å². The van der Waals surface area contributed by atoms with E-state index in [1.165, 1.54) is 0 Å². The predicted octanol–water partition coefficient (Wildman–Crippen LogP) is 0.535. The molecule has 2 atom stereocenters. The van der Waals surface area contributed by atoms with E-state index in [0.717, 1.165) is 16.5 Å². The van der Waals surface area contributed by atoms with E-state index in [4.69, 9.17) is 10.8 Å². The van der Waals surface area contributed by atoms with E-state index in [2.05, 4.69) is 10.3 Å². The van der Waals surface area contributed by atoms with E-state index in [1.807, 2.05) is 30.5 Å². The van der Waals surface area contributed by atoms with Crippen LogP contribution in [-0.2, 0) is 11.2 Å². The fourth-order valence-corrected chi connectivity index (χ4v) is 2.03. The third-order valence-electron chi connectivity index (χ3n) is 3.11. The molecule has 102 valence electrons. The highest BCUT2D eigenvalue weighted by Gasteiger charge is 2.17. The molecule has 0 aliphatic heterocycles. The topological polar surface area (TPSA) is 91.1 Å². The zero-order chi connectivity index (χ0) is 13.8. The summed E-state index contributed by atoms with van der Waals surface area (Å²) in [5.74, 6) is -0.244. The molecule has 5 N–H and O–H groups in total. The van der Waals surface area contributed by atoms with Crippen molar-refractivity contribution in [2.24, 2.45) is 5.73 Å². The number of aliphatic hydroxyl groups is 1. The van der Waals surface area contributed by atoms with Crippen LogP contribution in [0.3, 0.4) is 0 Å². The number of nitrogens with two attached hydrogens (primary N) is 1. The number of rotatable bonds is 5. The molecular formula is C14H19N3O2. The number of hydrogen-bond acceptors (Lipinski definition) is 3. The Morgan fingerprint density at radius 1 is 1.47 bits per heavy atom. The van der Waals surface area contributed by atoms with Crippen LogP contribution in [0.4, 0.5) is 0 Å². The van der Waals surface area contributed by atoms with Crippen LogP contribution in [0.2, 0.25) is 0 Å². The second kappa shape index (κ2) is 5.86. The molecule has 0 saturated carbocycles. The van der Waals surface area contributed by atoms with Gasteiger partial charge >= 0.3 is 0 Å². The largest absolute Gasteiger partial charge is 0.394 e. The maximum atomic E-state index is 11.8. The van der Waals surface area contributed by atoms with Crippen molar-refractivity contribution in [1.29, 1.82) is 0 Å². The lowest BCUT2D eigenvalue weighted by molar-refractivity contribution is -0.123. The number of amides is 1. The van der Waals surface area contributed by atoms with E-state index >= 15 is 0 Å². The van der Waals surface area contributed by atoms with Crippen LogP contribution in [0.25, 0.3) is 10.9 Å². The Labute approximate surface area is 111 Å². The van der Waals surface area contributed by atoms with Crippen LogP contribution in [0, 0.1) is 0 Å². The standard InChI is InChI=1S/C14H19N3O2/c1-9(8-18)17-14(19)12(15)6-10-7-16-13-5-3-2-4-11(10)13/h2-5,7,9,12,16,18H,6,8,15H2,1H3,(H,17,19). The number of aromatic nitrogens is 1. The van der Waals surface area contributed by atoms with Gasteiger partial charge in [-0.05, 0) is 25.0 Å². The molecule has 1 heterocycles. The van der Waals surface area contributed by atoms with Gasteiger partial charge in [0.05, 0.1) is 12.6 Å². The first kappa shape index (κ1) is 13.6. The van der Waals surface area contributed by atoms with Crippen molar-refractivity contribution >= 4 is 16.8 Å². The maximum absolute atomic E-state index is 11.8. The highest BCUT2D eigenvalue weighted by atomic mass is 16.3. The van der Waals surface area contributed by atoms with Gasteiger partial charge in [0.25, 0.3) is 0 Å². The first-order chi connectivity index (χ1) is 9.11. The minimum atomic E-state index is -0.617. The van der Waals surface area contributed by atoms with Gasteiger partial charge < -0.3 is 21.1 Å². The molecule has 0 fully saturated rings. The summed E-state index contributed by atoms with van der Waals surface area (Å²) in [5, 5.41) is 12.7. The van der Waals surface area contributed by atoms with E-state index < -0.39 is 6.04 Å². The van der Waals surface area contributed by atoms with Gasteiger partial charge in [0.1, 0.15) is 0 Å². The van der Waals surface area contributed by atoms with Gasteiger partial charge in [0.15, 0.2) is 0 Å². The molecule has 19 heavy (non-hydrogen) atoms. The molecule has 2 rings (SSSR count). The summed E-state index contributed by atoms with van der Waals surface area (Å²) in [6.07, 6.45) is 2.35. The van der Waals surface area contributed by atoms with Gasteiger partial charge in [-0.15, -0.1) is 0 Å². The summed E-state index contributed by atoms with van der Waals surface area (Å²) in [7, 11) is 0. The van der Waals surface area contributed by atoms with Gasteiger partial charge in [-0.25, -0.2) is 0 Å². The number of carbonyl (C=O) groups is 1. The summed E-state index contributed by atoms with van der Waals surface area (Å²) in [6.45, 7) is 1.64. The van der Waals surface area contributed by atoms with Gasteiger partial charge in [0.2, 0.25) is 5.91 Å². The zero-order valence-electron chi connectivity index (χ0n) is 10.9. The molecule has 1 aromatic heterocycles. The average Bonchev–Trinajstić information content (AvgIpc) is 2.82. The Morgan fingerprint density at radius 2 is 2.21 bits per heavy atom. The van der Waals surface area contributed by atoms with Crippen LogP contribution < -0.4 is 11.1 Å². The minimum absolute atomic E-state index is 0.0917. The number of H-pyrrole nitrogens is 1. The lowest BCUT2D eigenvalue weighted by atomic mass is 10.0. The highest BCUT2D eigenvalue weighted by molar-refractivity contribution is 5.86. The van der Waals surface area contributed by atoms with Crippen LogP contribution in [0.1, 0.15) is 12.5 Å². The lowest BCUT2D eigenvalue weighted by Gasteiger charge is -2.15. The number of fused-ring (bicyclic) bond motifs is 1. The number of carbonyl (C=O) groups excluding carboxylic acids is 1. The van der Waals surface area contributed by atoms with E-state index in [1.54, 1.807) is 6.92 Å². The Bertz CT molecular complexity index is 565. The van der Waals surface area contributed by atoms with E-state index in [-0.39, 0.29) is 18.6 Å². The Balaban J connectivity index is 2.06. The third-order valence-corrected chi connectivity index (χ3v) is 3.11. The van der Waals surface area contributed by atoms with E-state index in [0.29, 0.717) is 6.42 Å². The monoisotopic (exact) mass is 261 g/mol. The summed E-state index contributed by atoms with van der Waals surface area (Å²) in [6, 6.07) is 7.01. The van der Waals surface area contributed by atoms with Crippen molar-refractivity contribution < 1.29 is 9.90 Å². The molecule has 0 saturated heterocycles. The van der Waals surface area contributed by atoms with Crippen molar-refractivity contribution in [3.8, 4) is 0 Å². The molecule has 0 bridgehead atoms. The summed E-state index contributed by atoms with van der Waals surface area (Å²) in [4.78, 5) is 15.0.